The van der Waals surface area contributed by atoms with Gasteiger partial charge in [0.1, 0.15) is 35.1 Å². The number of ether oxygens (including phenoxy) is 3. The fourth-order valence-electron chi connectivity index (χ4n) is 7.75. The second-order valence-corrected chi connectivity index (χ2v) is 18.7. The van der Waals surface area contributed by atoms with Crippen molar-refractivity contribution >= 4 is 44.6 Å². The first-order valence-electron chi connectivity index (χ1n) is 19.3. The SMILES string of the molecule is COc1cc2ccnc(O[C@@H]3C[C@H]4C(=O)N[C@]5(C(=O)NS(=O)(=O)C6(CF)CC6)C[C@H]5/C=C/CC[C@@H](C)C[C@@H](C)[C@H](NC(=O)OC(C)(C)C(F)(F)F)C(=O)N4C3)c2cc1F. The number of methoxy groups -OCH3 is 1. The number of sulfonamides is 1. The van der Waals surface area contributed by atoms with Crippen molar-refractivity contribution in [3.05, 3.63) is 42.4 Å². The third-order valence-electron chi connectivity index (χ3n) is 11.8. The molecule has 2 aromatic rings. The lowest BCUT2D eigenvalue weighted by atomic mass is 9.88. The summed E-state index contributed by atoms with van der Waals surface area (Å²) in [6.07, 6.45) is -1.58. The van der Waals surface area contributed by atoms with Crippen LogP contribution in [0.3, 0.4) is 0 Å². The van der Waals surface area contributed by atoms with Crippen molar-refractivity contribution in [3.63, 3.8) is 0 Å². The van der Waals surface area contributed by atoms with Crippen molar-refractivity contribution in [1.82, 2.24) is 25.2 Å². The van der Waals surface area contributed by atoms with Gasteiger partial charge in [0.25, 0.3) is 5.91 Å². The maximum Gasteiger partial charge on any atom is 0.427 e. The second-order valence-electron chi connectivity index (χ2n) is 16.7. The molecule has 0 spiro atoms. The molecule has 0 unspecified atom stereocenters. The maximum absolute atomic E-state index is 14.9. The topological polar surface area (TPSA) is 182 Å². The van der Waals surface area contributed by atoms with Crippen LogP contribution < -0.4 is 24.8 Å². The molecule has 1 saturated heterocycles. The van der Waals surface area contributed by atoms with Crippen LogP contribution in [0.25, 0.3) is 10.8 Å². The number of hydrogen-bond donors (Lipinski definition) is 3. The van der Waals surface area contributed by atoms with Gasteiger partial charge in [-0.3, -0.25) is 19.1 Å². The molecule has 20 heteroatoms. The van der Waals surface area contributed by atoms with Crippen molar-refractivity contribution in [2.75, 3.05) is 20.3 Å². The summed E-state index contributed by atoms with van der Waals surface area (Å²) >= 11 is 0. The number of fused-ring (bicyclic) bond motifs is 3. The van der Waals surface area contributed by atoms with E-state index in [4.69, 9.17) is 14.2 Å². The molecular formula is C39H48F5N5O9S. The van der Waals surface area contributed by atoms with Gasteiger partial charge in [0.2, 0.25) is 33.3 Å². The number of aromatic nitrogens is 1. The average molecular weight is 858 g/mol. The summed E-state index contributed by atoms with van der Waals surface area (Å²) in [4.78, 5) is 61.5. The number of carbonyl (C=O) groups excluding carboxylic acids is 4. The van der Waals surface area contributed by atoms with Gasteiger partial charge in [0, 0.05) is 23.9 Å². The van der Waals surface area contributed by atoms with E-state index in [1.807, 2.05) is 11.6 Å². The summed E-state index contributed by atoms with van der Waals surface area (Å²) in [7, 11) is -3.19. The third kappa shape index (κ3) is 8.77. The van der Waals surface area contributed by atoms with Crippen LogP contribution in [0.5, 0.6) is 11.6 Å². The first-order chi connectivity index (χ1) is 27.6. The van der Waals surface area contributed by atoms with E-state index in [1.54, 1.807) is 25.1 Å². The highest BCUT2D eigenvalue weighted by Gasteiger charge is 2.64. The fourth-order valence-corrected chi connectivity index (χ4v) is 9.18. The molecule has 2 aliphatic carbocycles. The van der Waals surface area contributed by atoms with E-state index in [2.05, 4.69) is 15.6 Å². The Morgan fingerprint density at radius 1 is 1.12 bits per heavy atom. The third-order valence-corrected chi connectivity index (χ3v) is 14.0. The molecular weight excluding hydrogens is 810 g/mol. The van der Waals surface area contributed by atoms with Gasteiger partial charge >= 0.3 is 12.3 Å². The van der Waals surface area contributed by atoms with Crippen LogP contribution in [-0.4, -0.2) is 103 Å². The summed E-state index contributed by atoms with van der Waals surface area (Å²) in [5, 5.41) is 5.71. The lowest BCUT2D eigenvalue weighted by Crippen LogP contribution is -2.60. The van der Waals surface area contributed by atoms with E-state index in [1.165, 1.54) is 19.4 Å². The van der Waals surface area contributed by atoms with Gasteiger partial charge < -0.3 is 29.7 Å². The molecule has 1 aromatic heterocycles. The Labute approximate surface area is 338 Å². The molecule has 7 atom stereocenters. The van der Waals surface area contributed by atoms with E-state index >= 15 is 0 Å². The van der Waals surface area contributed by atoms with E-state index in [0.29, 0.717) is 38.5 Å². The molecule has 0 bridgehead atoms. The van der Waals surface area contributed by atoms with Crippen LogP contribution >= 0.6 is 0 Å². The normalized spacial score (nSPS) is 29.2. The highest BCUT2D eigenvalue weighted by molar-refractivity contribution is 7.91. The van der Waals surface area contributed by atoms with Crippen LogP contribution in [0, 0.1) is 23.6 Å². The van der Waals surface area contributed by atoms with Crippen molar-refractivity contribution in [1.29, 1.82) is 0 Å². The Morgan fingerprint density at radius 2 is 1.83 bits per heavy atom. The summed E-state index contributed by atoms with van der Waals surface area (Å²) < 4.78 is 112. The zero-order valence-electron chi connectivity index (χ0n) is 33.2. The first-order valence-corrected chi connectivity index (χ1v) is 20.8. The fraction of sp³-hybridized carbons (Fsp3) is 0.615. The zero-order chi connectivity index (χ0) is 43.3. The Bertz CT molecular complexity index is 2130. The predicted molar refractivity (Wildman–Crippen MR) is 202 cm³/mol. The molecule has 324 valence electrons. The van der Waals surface area contributed by atoms with Crippen LogP contribution in [0.4, 0.5) is 26.7 Å². The molecule has 14 nitrogen and oxygen atoms in total. The Morgan fingerprint density at radius 3 is 2.47 bits per heavy atom. The van der Waals surface area contributed by atoms with E-state index in [-0.39, 0.29) is 55.2 Å². The lowest BCUT2D eigenvalue weighted by molar-refractivity contribution is -0.244. The van der Waals surface area contributed by atoms with Gasteiger partial charge in [0.05, 0.1) is 13.7 Å². The minimum absolute atomic E-state index is 0.00807. The number of allylic oxidation sites excluding steroid dienone is 1. The Balaban J connectivity index is 1.36. The van der Waals surface area contributed by atoms with Crippen molar-refractivity contribution in [3.8, 4) is 11.6 Å². The highest BCUT2D eigenvalue weighted by Crippen LogP contribution is 2.48. The largest absolute Gasteiger partial charge is 0.494 e. The van der Waals surface area contributed by atoms with Gasteiger partial charge in [0.15, 0.2) is 11.6 Å². The van der Waals surface area contributed by atoms with E-state index < -0.39 is 98.4 Å². The zero-order valence-corrected chi connectivity index (χ0v) is 34.0. The number of benzene rings is 1. The van der Waals surface area contributed by atoms with Crippen LogP contribution in [0.1, 0.15) is 72.6 Å². The summed E-state index contributed by atoms with van der Waals surface area (Å²) in [6, 6.07) is 1.18. The Kier molecular flexibility index (Phi) is 11.9. The molecule has 0 radical (unpaired) electrons. The molecule has 4 aliphatic rings. The van der Waals surface area contributed by atoms with Crippen molar-refractivity contribution in [2.24, 2.45) is 17.8 Å². The van der Waals surface area contributed by atoms with Crippen LogP contribution in [-0.2, 0) is 29.1 Å². The average Bonchev–Trinajstić information content (AvgIpc) is 4.06. The number of pyridine rings is 1. The molecule has 2 saturated carbocycles. The number of alkyl halides is 4. The molecule has 4 amide bonds. The molecule has 3 fully saturated rings. The van der Waals surface area contributed by atoms with Gasteiger partial charge in [-0.15, -0.1) is 0 Å². The predicted octanol–water partition coefficient (Wildman–Crippen LogP) is 5.00. The monoisotopic (exact) mass is 857 g/mol. The van der Waals surface area contributed by atoms with E-state index in [9.17, 15) is 49.5 Å². The number of amides is 4. The number of nitrogens with one attached hydrogen (secondary N) is 3. The smallest absolute Gasteiger partial charge is 0.427 e. The van der Waals surface area contributed by atoms with Crippen molar-refractivity contribution < 1.29 is 63.8 Å². The standard InChI is InChI=1S/C39H48F5N5O9S/c1-21-8-6-7-9-24-18-38(24,34(52)48-59(54,55)37(20-40)11-12-37)47-31(50)28-16-25(57-32-26-17-27(41)29(56-5)15-23(26)10-13-45-32)19-49(28)33(51)30(22(2)14-21)46-35(53)58-36(3,4)39(42,43)44/h7,9-10,13,15,17,21-22,24-25,28,30H,6,8,11-12,14,16,18-20H2,1-5H3,(H,46,53)(H,47,50)(H,48,52)/b9-7+/t21-,22-,24-,25-,28+,30+,38-/m1/s1. The highest BCUT2D eigenvalue weighted by atomic mass is 32.2. The van der Waals surface area contributed by atoms with Gasteiger partial charge in [-0.2, -0.15) is 13.2 Å². The summed E-state index contributed by atoms with van der Waals surface area (Å²) in [5.41, 5.74) is -4.74. The minimum Gasteiger partial charge on any atom is -0.494 e. The van der Waals surface area contributed by atoms with Crippen LogP contribution in [0.2, 0.25) is 0 Å². The van der Waals surface area contributed by atoms with Crippen LogP contribution in [0.15, 0.2) is 36.5 Å². The number of hydrogen-bond acceptors (Lipinski definition) is 10. The molecule has 59 heavy (non-hydrogen) atoms. The minimum atomic E-state index is -4.95. The first kappa shape index (κ1) is 43.8. The molecule has 2 aliphatic heterocycles. The molecule has 6 rings (SSSR count). The number of carbonyl (C=O) groups is 4. The number of halogens is 5. The molecule has 3 heterocycles. The summed E-state index contributed by atoms with van der Waals surface area (Å²) in [5.74, 6) is -5.18. The molecule has 3 N–H and O–H groups in total. The quantitative estimate of drug-likeness (QED) is 0.229. The number of alkyl carbamates (subject to hydrolysis) is 1. The number of nitrogens with zero attached hydrogens (tertiary/aromatic N) is 2. The van der Waals surface area contributed by atoms with Gasteiger partial charge in [-0.05, 0) is 87.8 Å². The molecule has 1 aromatic carbocycles. The van der Waals surface area contributed by atoms with Gasteiger partial charge in [-0.1, -0.05) is 26.0 Å². The summed E-state index contributed by atoms with van der Waals surface area (Å²) in [6.45, 7) is 3.27. The van der Waals surface area contributed by atoms with E-state index in [0.717, 1.165) is 11.0 Å². The maximum atomic E-state index is 14.9. The van der Waals surface area contributed by atoms with Gasteiger partial charge in [-0.25, -0.2) is 27.0 Å². The second kappa shape index (κ2) is 16.0. The lowest BCUT2D eigenvalue weighted by Gasteiger charge is -2.34. The van der Waals surface area contributed by atoms with Crippen molar-refractivity contribution in [2.45, 2.75) is 113 Å². The number of rotatable bonds is 9. The Hall–Kier alpha value is -4.75.